The Balaban J connectivity index is 1.58. The van der Waals surface area contributed by atoms with Crippen LogP contribution >= 0.6 is 11.3 Å². The number of hydrogen-bond donors (Lipinski definition) is 0. The summed E-state index contributed by atoms with van der Waals surface area (Å²) in [4.78, 5) is 30.7. The van der Waals surface area contributed by atoms with E-state index in [9.17, 15) is 9.59 Å². The molecule has 1 atom stereocenters. The van der Waals surface area contributed by atoms with Crippen LogP contribution in [0.2, 0.25) is 0 Å². The van der Waals surface area contributed by atoms with Crippen molar-refractivity contribution in [1.82, 2.24) is 9.80 Å². The Morgan fingerprint density at radius 1 is 1.16 bits per heavy atom. The average molecular weight is 365 g/mol. The minimum atomic E-state index is -0.489. The second-order valence-electron chi connectivity index (χ2n) is 8.17. The van der Waals surface area contributed by atoms with E-state index in [-0.39, 0.29) is 12.0 Å². The lowest BCUT2D eigenvalue weighted by molar-refractivity contribution is 0.0141. The standard InChI is InChI=1S/C19H28N2O3S/c1-13-5-6-15-14(11-13)12-16(25-15)17(22)20-7-9-21(10-8-20)18(23)24-19(2,3)4/h12-13H,5-11H2,1-4H3. The normalized spacial score (nSPS) is 21.0. The zero-order chi connectivity index (χ0) is 18.2. The number of ether oxygens (including phenoxy) is 1. The summed E-state index contributed by atoms with van der Waals surface area (Å²) in [7, 11) is 0. The van der Waals surface area contributed by atoms with E-state index >= 15 is 0 Å². The molecule has 138 valence electrons. The highest BCUT2D eigenvalue weighted by atomic mass is 32.1. The SMILES string of the molecule is CC1CCc2sc(C(=O)N3CCN(C(=O)OC(C)(C)C)CC3)cc2C1. The molecule has 1 aliphatic heterocycles. The Hall–Kier alpha value is -1.56. The molecule has 0 bridgehead atoms. The number of aryl methyl sites for hydroxylation is 1. The van der Waals surface area contributed by atoms with Gasteiger partial charge in [-0.2, -0.15) is 0 Å². The first-order valence-electron chi connectivity index (χ1n) is 9.12. The maximum Gasteiger partial charge on any atom is 0.410 e. The molecule has 1 aliphatic carbocycles. The number of amides is 2. The zero-order valence-electron chi connectivity index (χ0n) is 15.6. The molecule has 2 aliphatic rings. The van der Waals surface area contributed by atoms with Crippen LogP contribution in [0.1, 0.15) is 54.2 Å². The lowest BCUT2D eigenvalue weighted by Gasteiger charge is -2.35. The van der Waals surface area contributed by atoms with Gasteiger partial charge >= 0.3 is 6.09 Å². The van der Waals surface area contributed by atoms with Crippen molar-refractivity contribution in [3.63, 3.8) is 0 Å². The predicted molar refractivity (Wildman–Crippen MR) is 99.2 cm³/mol. The van der Waals surface area contributed by atoms with Crippen LogP contribution in [0.5, 0.6) is 0 Å². The highest BCUT2D eigenvalue weighted by Gasteiger charge is 2.29. The van der Waals surface area contributed by atoms with Crippen molar-refractivity contribution in [2.75, 3.05) is 26.2 Å². The Morgan fingerprint density at radius 3 is 2.44 bits per heavy atom. The van der Waals surface area contributed by atoms with Gasteiger partial charge in [0.2, 0.25) is 0 Å². The summed E-state index contributed by atoms with van der Waals surface area (Å²) in [5.74, 6) is 0.818. The molecule has 0 saturated carbocycles. The fourth-order valence-electron chi connectivity index (χ4n) is 3.39. The molecule has 3 rings (SSSR count). The summed E-state index contributed by atoms with van der Waals surface area (Å²) in [6.07, 6.45) is 3.11. The molecule has 1 aromatic heterocycles. The van der Waals surface area contributed by atoms with Crippen molar-refractivity contribution >= 4 is 23.3 Å². The second-order valence-corrected chi connectivity index (χ2v) is 9.30. The van der Waals surface area contributed by atoms with Gasteiger partial charge in [0.1, 0.15) is 5.60 Å². The highest BCUT2D eigenvalue weighted by molar-refractivity contribution is 7.14. The molecular formula is C19H28N2O3S. The van der Waals surface area contributed by atoms with E-state index in [0.29, 0.717) is 32.1 Å². The summed E-state index contributed by atoms with van der Waals surface area (Å²) in [5, 5.41) is 0. The van der Waals surface area contributed by atoms with Crippen LogP contribution in [-0.2, 0) is 17.6 Å². The van der Waals surface area contributed by atoms with E-state index in [0.717, 1.165) is 17.7 Å². The van der Waals surface area contributed by atoms with E-state index in [1.165, 1.54) is 16.9 Å². The number of fused-ring (bicyclic) bond motifs is 1. The van der Waals surface area contributed by atoms with Gasteiger partial charge in [0, 0.05) is 31.1 Å². The van der Waals surface area contributed by atoms with Crippen LogP contribution in [0.3, 0.4) is 0 Å². The minimum Gasteiger partial charge on any atom is -0.444 e. The van der Waals surface area contributed by atoms with Crippen LogP contribution < -0.4 is 0 Å². The lowest BCUT2D eigenvalue weighted by Crippen LogP contribution is -2.51. The third kappa shape index (κ3) is 4.35. The fourth-order valence-corrected chi connectivity index (χ4v) is 4.56. The number of thiophene rings is 1. The van der Waals surface area contributed by atoms with E-state index in [4.69, 9.17) is 4.74 Å². The minimum absolute atomic E-state index is 0.107. The van der Waals surface area contributed by atoms with Gasteiger partial charge in [0.25, 0.3) is 5.91 Å². The van der Waals surface area contributed by atoms with E-state index in [1.54, 1.807) is 16.2 Å². The van der Waals surface area contributed by atoms with Gasteiger partial charge in [0.15, 0.2) is 0 Å². The smallest absolute Gasteiger partial charge is 0.410 e. The summed E-state index contributed by atoms with van der Waals surface area (Å²) in [6.45, 7) is 10.1. The Labute approximate surface area is 153 Å². The van der Waals surface area contributed by atoms with E-state index < -0.39 is 5.60 Å². The second kappa shape index (κ2) is 6.98. The van der Waals surface area contributed by atoms with Crippen LogP contribution in [0.15, 0.2) is 6.07 Å². The number of hydrogen-bond acceptors (Lipinski definition) is 4. The molecule has 5 nitrogen and oxygen atoms in total. The van der Waals surface area contributed by atoms with Gasteiger partial charge in [-0.05, 0) is 57.6 Å². The molecule has 2 amide bonds. The van der Waals surface area contributed by atoms with Gasteiger partial charge in [-0.15, -0.1) is 11.3 Å². The number of piperazine rings is 1. The monoisotopic (exact) mass is 364 g/mol. The zero-order valence-corrected chi connectivity index (χ0v) is 16.4. The third-order valence-corrected chi connectivity index (χ3v) is 5.98. The van der Waals surface area contributed by atoms with Gasteiger partial charge in [-0.25, -0.2) is 4.79 Å². The maximum absolute atomic E-state index is 12.8. The first-order chi connectivity index (χ1) is 11.7. The highest BCUT2D eigenvalue weighted by Crippen LogP contribution is 2.32. The number of nitrogens with zero attached hydrogens (tertiary/aromatic N) is 2. The fraction of sp³-hybridized carbons (Fsp3) is 0.684. The molecule has 25 heavy (non-hydrogen) atoms. The van der Waals surface area contributed by atoms with E-state index in [1.807, 2.05) is 25.7 Å². The van der Waals surface area contributed by atoms with E-state index in [2.05, 4.69) is 13.0 Å². The third-order valence-electron chi connectivity index (χ3n) is 4.76. The largest absolute Gasteiger partial charge is 0.444 e. The molecule has 0 aromatic carbocycles. The Bertz CT molecular complexity index is 654. The van der Waals surface area contributed by atoms with Crippen molar-refractivity contribution in [3.05, 3.63) is 21.4 Å². The molecule has 1 saturated heterocycles. The van der Waals surface area contributed by atoms with Gasteiger partial charge < -0.3 is 14.5 Å². The van der Waals surface area contributed by atoms with Crippen molar-refractivity contribution < 1.29 is 14.3 Å². The van der Waals surface area contributed by atoms with Crippen molar-refractivity contribution in [1.29, 1.82) is 0 Å². The topological polar surface area (TPSA) is 49.9 Å². The summed E-state index contributed by atoms with van der Waals surface area (Å²) in [5.41, 5.74) is 0.872. The van der Waals surface area contributed by atoms with Gasteiger partial charge in [0.05, 0.1) is 4.88 Å². The molecule has 2 heterocycles. The lowest BCUT2D eigenvalue weighted by atomic mass is 9.90. The average Bonchev–Trinajstić information content (AvgIpc) is 2.95. The van der Waals surface area contributed by atoms with Crippen LogP contribution in [0.4, 0.5) is 4.79 Å². The quantitative estimate of drug-likeness (QED) is 0.765. The number of carbonyl (C=O) groups excluding carboxylic acids is 2. The summed E-state index contributed by atoms with van der Waals surface area (Å²) in [6, 6.07) is 2.10. The summed E-state index contributed by atoms with van der Waals surface area (Å²) >= 11 is 1.66. The molecule has 0 spiro atoms. The van der Waals surface area contributed by atoms with Gasteiger partial charge in [-0.1, -0.05) is 6.92 Å². The number of rotatable bonds is 1. The number of carbonyl (C=O) groups is 2. The van der Waals surface area contributed by atoms with Crippen molar-refractivity contribution in [2.45, 2.75) is 52.6 Å². The summed E-state index contributed by atoms with van der Waals surface area (Å²) < 4.78 is 5.41. The van der Waals surface area contributed by atoms with Crippen molar-refractivity contribution in [3.8, 4) is 0 Å². The van der Waals surface area contributed by atoms with Crippen LogP contribution in [0, 0.1) is 5.92 Å². The molecule has 1 fully saturated rings. The Kier molecular flexibility index (Phi) is 5.09. The van der Waals surface area contributed by atoms with Crippen LogP contribution in [-0.4, -0.2) is 53.6 Å². The Morgan fingerprint density at radius 2 is 1.80 bits per heavy atom. The first kappa shape index (κ1) is 18.2. The van der Waals surface area contributed by atoms with Crippen LogP contribution in [0.25, 0.3) is 0 Å². The predicted octanol–water partition coefficient (Wildman–Crippen LogP) is 3.57. The molecule has 0 N–H and O–H groups in total. The first-order valence-corrected chi connectivity index (χ1v) is 9.93. The molecule has 1 aromatic rings. The molecule has 0 radical (unpaired) electrons. The van der Waals surface area contributed by atoms with Gasteiger partial charge in [-0.3, -0.25) is 4.79 Å². The molecule has 6 heteroatoms. The van der Waals surface area contributed by atoms with Crippen molar-refractivity contribution in [2.24, 2.45) is 5.92 Å². The molecule has 1 unspecified atom stereocenters. The molecular weight excluding hydrogens is 336 g/mol. The maximum atomic E-state index is 12.8.